The molecule has 1 saturated heterocycles. The Bertz CT molecular complexity index is 895. The van der Waals surface area contributed by atoms with E-state index in [1.165, 1.54) is 5.56 Å². The highest BCUT2D eigenvalue weighted by atomic mass is 32.2. The van der Waals surface area contributed by atoms with Crippen LogP contribution in [0.5, 0.6) is 0 Å². The van der Waals surface area contributed by atoms with Crippen molar-refractivity contribution in [1.29, 1.82) is 0 Å². The summed E-state index contributed by atoms with van der Waals surface area (Å²) in [7, 11) is 0. The summed E-state index contributed by atoms with van der Waals surface area (Å²) in [4.78, 5) is 27.3. The van der Waals surface area contributed by atoms with E-state index in [1.54, 1.807) is 11.8 Å². The number of unbranched alkanes of at least 4 members (excludes halogenated alkanes) is 1. The standard InChI is InChI=1S/C26H34N2O2S/c1-5-7-10-19(6-2)25(30)27-21-15-13-20(14-16-21)26-28(24(29)17-31-26)23-12-9-8-11-22(23)18(3)4/h8-9,11-16,18-19,26H,5-7,10,17H2,1-4H3,(H,27,30). The quantitative estimate of drug-likeness (QED) is 0.471. The number of rotatable bonds is 9. The predicted molar refractivity (Wildman–Crippen MR) is 132 cm³/mol. The van der Waals surface area contributed by atoms with Crippen molar-refractivity contribution in [3.8, 4) is 0 Å². The van der Waals surface area contributed by atoms with E-state index in [0.29, 0.717) is 11.7 Å². The van der Waals surface area contributed by atoms with E-state index < -0.39 is 0 Å². The lowest BCUT2D eigenvalue weighted by atomic mass is 9.98. The van der Waals surface area contributed by atoms with E-state index in [1.807, 2.05) is 47.4 Å². The normalized spacial score (nSPS) is 17.3. The van der Waals surface area contributed by atoms with Crippen LogP contribution in [0, 0.1) is 5.92 Å². The van der Waals surface area contributed by atoms with Crippen LogP contribution in [0.1, 0.15) is 75.8 Å². The average molecular weight is 439 g/mol. The molecule has 0 bridgehead atoms. The number of carbonyl (C=O) groups excluding carboxylic acids is 2. The van der Waals surface area contributed by atoms with Gasteiger partial charge in [0, 0.05) is 17.3 Å². The number of amides is 2. The minimum absolute atomic E-state index is 0.0508. The summed E-state index contributed by atoms with van der Waals surface area (Å²) in [5, 5.41) is 3.02. The van der Waals surface area contributed by atoms with Gasteiger partial charge in [0.15, 0.2) is 0 Å². The fourth-order valence-electron chi connectivity index (χ4n) is 4.07. The van der Waals surface area contributed by atoms with Crippen molar-refractivity contribution in [3.63, 3.8) is 0 Å². The Labute approximate surface area is 190 Å². The number of benzene rings is 2. The number of anilines is 2. The fourth-order valence-corrected chi connectivity index (χ4v) is 5.24. The predicted octanol–water partition coefficient (Wildman–Crippen LogP) is 6.74. The summed E-state index contributed by atoms with van der Waals surface area (Å²) in [5.41, 5.74) is 4.07. The molecule has 2 aromatic carbocycles. The molecule has 0 aliphatic carbocycles. The van der Waals surface area contributed by atoms with Gasteiger partial charge in [0.25, 0.3) is 0 Å². The first-order valence-electron chi connectivity index (χ1n) is 11.4. The van der Waals surface area contributed by atoms with Crippen molar-refractivity contribution in [2.75, 3.05) is 16.0 Å². The molecule has 0 aromatic heterocycles. The molecule has 2 aromatic rings. The first-order chi connectivity index (χ1) is 15.0. The minimum Gasteiger partial charge on any atom is -0.326 e. The second-order valence-electron chi connectivity index (χ2n) is 8.50. The maximum Gasteiger partial charge on any atom is 0.238 e. The summed E-state index contributed by atoms with van der Waals surface area (Å²) in [6, 6.07) is 16.1. The first kappa shape index (κ1) is 23.4. The molecule has 1 N–H and O–H groups in total. The summed E-state index contributed by atoms with van der Waals surface area (Å²) in [6.07, 6.45) is 3.97. The highest BCUT2D eigenvalue weighted by Crippen LogP contribution is 2.44. The van der Waals surface area contributed by atoms with Gasteiger partial charge in [-0.25, -0.2) is 0 Å². The van der Waals surface area contributed by atoms with Gasteiger partial charge in [-0.05, 0) is 48.1 Å². The van der Waals surface area contributed by atoms with Gasteiger partial charge in [0.1, 0.15) is 5.37 Å². The van der Waals surface area contributed by atoms with Crippen LogP contribution in [0.4, 0.5) is 11.4 Å². The number of hydrogen-bond donors (Lipinski definition) is 1. The molecule has 5 heteroatoms. The van der Waals surface area contributed by atoms with Gasteiger partial charge in [-0.15, -0.1) is 11.8 Å². The Morgan fingerprint density at radius 1 is 1.13 bits per heavy atom. The summed E-state index contributed by atoms with van der Waals surface area (Å²) in [6.45, 7) is 8.53. The Morgan fingerprint density at radius 3 is 2.48 bits per heavy atom. The maximum atomic E-state index is 12.8. The van der Waals surface area contributed by atoms with E-state index in [9.17, 15) is 9.59 Å². The molecule has 31 heavy (non-hydrogen) atoms. The second-order valence-corrected chi connectivity index (χ2v) is 9.57. The molecule has 3 rings (SSSR count). The van der Waals surface area contributed by atoms with Crippen LogP contribution in [0.3, 0.4) is 0 Å². The van der Waals surface area contributed by atoms with Gasteiger partial charge >= 0.3 is 0 Å². The molecule has 166 valence electrons. The third kappa shape index (κ3) is 5.51. The van der Waals surface area contributed by atoms with E-state index in [-0.39, 0.29) is 23.1 Å². The smallest absolute Gasteiger partial charge is 0.238 e. The summed E-state index contributed by atoms with van der Waals surface area (Å²) in [5.74, 6) is 1.12. The molecule has 0 spiro atoms. The summed E-state index contributed by atoms with van der Waals surface area (Å²) < 4.78 is 0. The van der Waals surface area contributed by atoms with Gasteiger partial charge in [0.2, 0.25) is 11.8 Å². The highest BCUT2D eigenvalue weighted by molar-refractivity contribution is 8.00. The SMILES string of the molecule is CCCCC(CC)C(=O)Nc1ccc(C2SCC(=O)N2c2ccccc2C(C)C)cc1. The van der Waals surface area contributed by atoms with Crippen molar-refractivity contribution in [2.45, 2.75) is 64.7 Å². The maximum absolute atomic E-state index is 12.8. The Hall–Kier alpha value is -2.27. The number of hydrogen-bond acceptors (Lipinski definition) is 3. The van der Waals surface area contributed by atoms with E-state index in [0.717, 1.165) is 42.6 Å². The lowest BCUT2D eigenvalue weighted by Crippen LogP contribution is -2.29. The van der Waals surface area contributed by atoms with E-state index in [4.69, 9.17) is 0 Å². The van der Waals surface area contributed by atoms with Crippen LogP contribution >= 0.6 is 11.8 Å². The zero-order chi connectivity index (χ0) is 22.4. The van der Waals surface area contributed by atoms with Crippen LogP contribution in [0.15, 0.2) is 48.5 Å². The molecular weight excluding hydrogens is 404 g/mol. The minimum atomic E-state index is -0.0508. The van der Waals surface area contributed by atoms with Gasteiger partial charge < -0.3 is 5.32 Å². The molecule has 0 saturated carbocycles. The lowest BCUT2D eigenvalue weighted by Gasteiger charge is -2.27. The molecule has 1 aliphatic heterocycles. The third-order valence-corrected chi connectivity index (χ3v) is 7.13. The van der Waals surface area contributed by atoms with Gasteiger partial charge in [-0.2, -0.15) is 0 Å². The van der Waals surface area contributed by atoms with Crippen LogP contribution in [-0.4, -0.2) is 17.6 Å². The van der Waals surface area contributed by atoms with Crippen molar-refractivity contribution in [2.24, 2.45) is 5.92 Å². The number of para-hydroxylation sites is 1. The van der Waals surface area contributed by atoms with Crippen LogP contribution in [0.2, 0.25) is 0 Å². The number of nitrogens with zero attached hydrogens (tertiary/aromatic N) is 1. The number of nitrogens with one attached hydrogen (secondary N) is 1. The van der Waals surface area contributed by atoms with E-state index >= 15 is 0 Å². The third-order valence-electron chi connectivity index (χ3n) is 5.92. The topological polar surface area (TPSA) is 49.4 Å². The first-order valence-corrected chi connectivity index (χ1v) is 12.4. The van der Waals surface area contributed by atoms with Crippen molar-refractivity contribution in [3.05, 3.63) is 59.7 Å². The average Bonchev–Trinajstić information content (AvgIpc) is 3.16. The Balaban J connectivity index is 1.77. The van der Waals surface area contributed by atoms with Crippen LogP contribution < -0.4 is 10.2 Å². The zero-order valence-electron chi connectivity index (χ0n) is 19.1. The van der Waals surface area contributed by atoms with Crippen molar-refractivity contribution >= 4 is 35.0 Å². The molecule has 4 nitrogen and oxygen atoms in total. The largest absolute Gasteiger partial charge is 0.326 e. The number of carbonyl (C=O) groups is 2. The summed E-state index contributed by atoms with van der Waals surface area (Å²) >= 11 is 1.65. The molecule has 1 aliphatic rings. The Kier molecular flexibility index (Phi) is 8.19. The molecule has 0 radical (unpaired) electrons. The van der Waals surface area contributed by atoms with Crippen LogP contribution in [-0.2, 0) is 9.59 Å². The molecular formula is C26H34N2O2S. The lowest BCUT2D eigenvalue weighted by molar-refractivity contribution is -0.120. The van der Waals surface area contributed by atoms with Gasteiger partial charge in [-0.1, -0.05) is 70.9 Å². The fraction of sp³-hybridized carbons (Fsp3) is 0.462. The van der Waals surface area contributed by atoms with Crippen LogP contribution in [0.25, 0.3) is 0 Å². The van der Waals surface area contributed by atoms with E-state index in [2.05, 4.69) is 39.1 Å². The highest BCUT2D eigenvalue weighted by Gasteiger charge is 2.35. The molecule has 2 amide bonds. The van der Waals surface area contributed by atoms with Crippen molar-refractivity contribution in [1.82, 2.24) is 0 Å². The second kappa shape index (κ2) is 10.9. The monoisotopic (exact) mass is 438 g/mol. The van der Waals surface area contributed by atoms with Gasteiger partial charge in [0.05, 0.1) is 5.75 Å². The molecule has 1 fully saturated rings. The Morgan fingerprint density at radius 2 is 1.84 bits per heavy atom. The molecule has 1 heterocycles. The molecule has 2 atom stereocenters. The van der Waals surface area contributed by atoms with Crippen molar-refractivity contribution < 1.29 is 9.59 Å². The van der Waals surface area contributed by atoms with Gasteiger partial charge in [-0.3, -0.25) is 14.5 Å². The molecule has 2 unspecified atom stereocenters. The zero-order valence-corrected chi connectivity index (χ0v) is 19.9. The number of thioether (sulfide) groups is 1.